The van der Waals surface area contributed by atoms with Gasteiger partial charge >= 0.3 is 0 Å². The third-order valence-corrected chi connectivity index (χ3v) is 4.77. The highest BCUT2D eigenvalue weighted by Crippen LogP contribution is 2.35. The summed E-state index contributed by atoms with van der Waals surface area (Å²) in [5, 5.41) is 0. The summed E-state index contributed by atoms with van der Waals surface area (Å²) in [6, 6.07) is 19.4. The van der Waals surface area contributed by atoms with Gasteiger partial charge in [0.25, 0.3) is 0 Å². The number of benzene rings is 2. The van der Waals surface area contributed by atoms with Crippen molar-refractivity contribution < 1.29 is 9.47 Å². The van der Waals surface area contributed by atoms with Gasteiger partial charge in [-0.2, -0.15) is 0 Å². The van der Waals surface area contributed by atoms with Crippen LogP contribution in [-0.2, 0) is 0 Å². The normalized spacial score (nSPS) is 11.9. The van der Waals surface area contributed by atoms with Crippen LogP contribution in [0.25, 0.3) is 11.1 Å². The van der Waals surface area contributed by atoms with Crippen molar-refractivity contribution in [2.75, 3.05) is 7.11 Å². The largest absolute Gasteiger partial charge is 0.496 e. The molecule has 1 aromatic heterocycles. The predicted molar refractivity (Wildman–Crippen MR) is 123 cm³/mol. The van der Waals surface area contributed by atoms with Crippen molar-refractivity contribution in [2.24, 2.45) is 10.7 Å². The van der Waals surface area contributed by atoms with Gasteiger partial charge in [0.05, 0.1) is 12.8 Å². The van der Waals surface area contributed by atoms with Crippen LogP contribution in [-0.4, -0.2) is 23.5 Å². The van der Waals surface area contributed by atoms with Crippen molar-refractivity contribution in [3.63, 3.8) is 0 Å². The van der Waals surface area contributed by atoms with Crippen molar-refractivity contribution in [1.82, 2.24) is 4.98 Å². The average molecular weight is 404 g/mol. The molecule has 0 aliphatic carbocycles. The first-order chi connectivity index (χ1) is 14.4. The molecule has 0 saturated carbocycles. The second-order valence-corrected chi connectivity index (χ2v) is 7.73. The summed E-state index contributed by atoms with van der Waals surface area (Å²) in [5.41, 5.74) is 9.28. The maximum absolute atomic E-state index is 6.13. The summed E-state index contributed by atoms with van der Waals surface area (Å²) < 4.78 is 11.7. The van der Waals surface area contributed by atoms with Gasteiger partial charge in [-0.25, -0.2) is 4.99 Å². The number of nitrogens with zero attached hydrogens (tertiary/aromatic N) is 2. The van der Waals surface area contributed by atoms with Crippen LogP contribution < -0.4 is 15.2 Å². The highest BCUT2D eigenvalue weighted by molar-refractivity contribution is 5.97. The predicted octanol–water partition coefficient (Wildman–Crippen LogP) is 5.75. The molecule has 5 heteroatoms. The molecule has 3 aromatic rings. The molecule has 2 N–H and O–H groups in total. The van der Waals surface area contributed by atoms with Gasteiger partial charge in [-0.05, 0) is 62.2 Å². The smallest absolute Gasteiger partial charge is 0.150 e. The first-order valence-corrected chi connectivity index (χ1v) is 10.1. The highest BCUT2D eigenvalue weighted by atomic mass is 16.5. The molecule has 0 bridgehead atoms. The molecule has 156 valence electrons. The number of rotatable bonds is 8. The van der Waals surface area contributed by atoms with E-state index in [9.17, 15) is 0 Å². The zero-order chi connectivity index (χ0) is 21.6. The Balaban J connectivity index is 1.83. The minimum absolute atomic E-state index is 0.179. The van der Waals surface area contributed by atoms with Crippen molar-refractivity contribution in [3.05, 3.63) is 72.6 Å². The molecular weight excluding hydrogens is 374 g/mol. The monoisotopic (exact) mass is 403 g/mol. The van der Waals surface area contributed by atoms with Crippen molar-refractivity contribution in [3.8, 4) is 22.6 Å². The van der Waals surface area contributed by atoms with Gasteiger partial charge < -0.3 is 15.2 Å². The Hall–Kier alpha value is -3.34. The van der Waals surface area contributed by atoms with Gasteiger partial charge in [-0.15, -0.1) is 0 Å². The molecule has 0 amide bonds. The Bertz CT molecular complexity index is 997. The molecule has 0 radical (unpaired) electrons. The van der Waals surface area contributed by atoms with Crippen LogP contribution in [0, 0.1) is 0 Å². The molecule has 30 heavy (non-hydrogen) atoms. The third kappa shape index (κ3) is 5.38. The summed E-state index contributed by atoms with van der Waals surface area (Å²) in [6.07, 6.45) is 3.78. The molecular formula is C25H29N3O2. The Kier molecular flexibility index (Phi) is 6.72. The van der Waals surface area contributed by atoms with E-state index in [0.717, 1.165) is 35.5 Å². The Morgan fingerprint density at radius 1 is 1.07 bits per heavy atom. The van der Waals surface area contributed by atoms with E-state index < -0.39 is 0 Å². The van der Waals surface area contributed by atoms with E-state index in [4.69, 9.17) is 15.2 Å². The molecule has 5 nitrogen and oxygen atoms in total. The molecule has 1 heterocycles. The third-order valence-electron chi connectivity index (χ3n) is 4.77. The fourth-order valence-corrected chi connectivity index (χ4v) is 3.37. The molecule has 0 saturated heterocycles. The maximum Gasteiger partial charge on any atom is 0.150 e. The Labute approximate surface area is 178 Å². The fraction of sp³-hybridized carbons (Fsp3) is 0.280. The number of pyridine rings is 1. The van der Waals surface area contributed by atoms with E-state index in [1.807, 2.05) is 60.7 Å². The molecule has 0 aliphatic rings. The molecule has 0 aliphatic heterocycles. The van der Waals surface area contributed by atoms with Crippen LogP contribution in [0.4, 0.5) is 5.69 Å². The topological polar surface area (TPSA) is 69.7 Å². The van der Waals surface area contributed by atoms with Crippen LogP contribution in [0.1, 0.15) is 39.3 Å². The summed E-state index contributed by atoms with van der Waals surface area (Å²) >= 11 is 0. The maximum atomic E-state index is 6.13. The lowest BCUT2D eigenvalue weighted by Crippen LogP contribution is -2.27. The van der Waals surface area contributed by atoms with E-state index in [0.29, 0.717) is 17.2 Å². The molecule has 0 spiro atoms. The number of hydrogen-bond donors (Lipinski definition) is 1. The number of amidine groups is 1. The van der Waals surface area contributed by atoms with Crippen LogP contribution >= 0.6 is 0 Å². The number of hydrogen-bond acceptors (Lipinski definition) is 4. The van der Waals surface area contributed by atoms with Crippen LogP contribution in [0.2, 0.25) is 0 Å². The van der Waals surface area contributed by atoms with E-state index in [1.165, 1.54) is 0 Å². The van der Waals surface area contributed by atoms with E-state index in [2.05, 4.69) is 30.7 Å². The molecule has 2 aromatic carbocycles. The second-order valence-electron chi connectivity index (χ2n) is 7.73. The van der Waals surface area contributed by atoms with Crippen LogP contribution in [0.5, 0.6) is 11.5 Å². The van der Waals surface area contributed by atoms with Crippen LogP contribution in [0.15, 0.2) is 71.9 Å². The van der Waals surface area contributed by atoms with Gasteiger partial charge in [0, 0.05) is 17.8 Å². The van der Waals surface area contributed by atoms with Gasteiger partial charge in [-0.3, -0.25) is 4.98 Å². The lowest BCUT2D eigenvalue weighted by molar-refractivity contribution is 0.0986. The second kappa shape index (κ2) is 9.44. The number of nitrogens with two attached hydrogens (primary N) is 1. The van der Waals surface area contributed by atoms with Crippen molar-refractivity contribution in [1.29, 1.82) is 0 Å². The first-order valence-electron chi connectivity index (χ1n) is 10.1. The molecule has 0 atom stereocenters. The van der Waals surface area contributed by atoms with Crippen LogP contribution in [0.3, 0.4) is 0 Å². The molecule has 3 rings (SSSR count). The number of aliphatic imine (C=N–C) groups is 1. The number of aromatic nitrogens is 1. The fourth-order valence-electron chi connectivity index (χ4n) is 3.37. The standard InChI is InChI=1S/C25H29N3O2/c1-5-15-25(2,3)30-20-12-9-18(10-13-20)21-14-11-19(17-23(21)29-4)28-24(26)22-8-6-7-16-27-22/h6-14,16-17H,5,15H2,1-4H3,(H2,26,28). The van der Waals surface area contributed by atoms with Gasteiger partial charge in [0.15, 0.2) is 0 Å². The van der Waals surface area contributed by atoms with Gasteiger partial charge in [0.2, 0.25) is 0 Å². The van der Waals surface area contributed by atoms with Crippen molar-refractivity contribution >= 4 is 11.5 Å². The van der Waals surface area contributed by atoms with E-state index in [1.54, 1.807) is 13.3 Å². The Morgan fingerprint density at radius 2 is 1.83 bits per heavy atom. The van der Waals surface area contributed by atoms with E-state index in [-0.39, 0.29) is 5.60 Å². The zero-order valence-corrected chi connectivity index (χ0v) is 18.1. The quantitative estimate of drug-likeness (QED) is 0.384. The summed E-state index contributed by atoms with van der Waals surface area (Å²) in [6.45, 7) is 6.39. The van der Waals surface area contributed by atoms with Gasteiger partial charge in [-0.1, -0.05) is 31.5 Å². The van der Waals surface area contributed by atoms with Gasteiger partial charge in [0.1, 0.15) is 28.6 Å². The summed E-state index contributed by atoms with van der Waals surface area (Å²) in [5.74, 6) is 1.95. The van der Waals surface area contributed by atoms with Crippen molar-refractivity contribution in [2.45, 2.75) is 39.2 Å². The van der Waals surface area contributed by atoms with E-state index >= 15 is 0 Å². The summed E-state index contributed by atoms with van der Waals surface area (Å²) in [4.78, 5) is 8.71. The number of ether oxygens (including phenoxy) is 2. The zero-order valence-electron chi connectivity index (χ0n) is 18.1. The minimum atomic E-state index is -0.179. The average Bonchev–Trinajstić information content (AvgIpc) is 2.74. The Morgan fingerprint density at radius 3 is 2.47 bits per heavy atom. The SMILES string of the molecule is CCCC(C)(C)Oc1ccc(-c2ccc(N=C(N)c3ccccn3)cc2OC)cc1. The lowest BCUT2D eigenvalue weighted by Gasteiger charge is -2.26. The molecule has 0 unspecified atom stereocenters. The number of methoxy groups -OCH3 is 1. The first kappa shape index (κ1) is 21.4. The minimum Gasteiger partial charge on any atom is -0.496 e. The highest BCUT2D eigenvalue weighted by Gasteiger charge is 2.18. The molecule has 0 fully saturated rings. The lowest BCUT2D eigenvalue weighted by atomic mass is 10.0. The summed E-state index contributed by atoms with van der Waals surface area (Å²) in [7, 11) is 1.65.